The summed E-state index contributed by atoms with van der Waals surface area (Å²) in [5, 5.41) is 0. The molecule has 0 bridgehead atoms. The first-order chi connectivity index (χ1) is 11.4. The van der Waals surface area contributed by atoms with Gasteiger partial charge in [0.15, 0.2) is 0 Å². The minimum atomic E-state index is 0.814. The van der Waals surface area contributed by atoms with Crippen LogP contribution in [0.15, 0.2) is 42.7 Å². The smallest absolute Gasteiger partial charge is 0.142 e. The Balaban J connectivity index is 1.29. The summed E-state index contributed by atoms with van der Waals surface area (Å²) in [6.07, 6.45) is 7.44. The predicted molar refractivity (Wildman–Crippen MR) is 92.4 cm³/mol. The van der Waals surface area contributed by atoms with Crippen LogP contribution in [0, 0.1) is 5.92 Å². The maximum atomic E-state index is 4.34. The molecule has 1 saturated heterocycles. The first kappa shape index (κ1) is 14.6. The topological polar surface area (TPSA) is 32.3 Å². The van der Waals surface area contributed by atoms with E-state index < -0.39 is 0 Å². The van der Waals surface area contributed by atoms with Crippen molar-refractivity contribution >= 4 is 5.69 Å². The van der Waals surface area contributed by atoms with Crippen LogP contribution in [-0.4, -0.2) is 41.0 Å². The summed E-state index contributed by atoms with van der Waals surface area (Å²) in [4.78, 5) is 13.8. The van der Waals surface area contributed by atoms with Gasteiger partial charge >= 0.3 is 0 Å². The van der Waals surface area contributed by atoms with Crippen LogP contribution < -0.4 is 4.90 Å². The Hall–Kier alpha value is -1.94. The van der Waals surface area contributed by atoms with E-state index in [4.69, 9.17) is 0 Å². The van der Waals surface area contributed by atoms with Gasteiger partial charge in [-0.2, -0.15) is 0 Å². The number of para-hydroxylation sites is 1. The molecule has 0 N–H and O–H groups in total. The Kier molecular flexibility index (Phi) is 4.24. The molecule has 1 fully saturated rings. The van der Waals surface area contributed by atoms with E-state index in [-0.39, 0.29) is 0 Å². The van der Waals surface area contributed by atoms with E-state index in [9.17, 15) is 0 Å². The molecule has 2 aromatic rings. The van der Waals surface area contributed by atoms with Crippen LogP contribution in [0.1, 0.15) is 24.2 Å². The second kappa shape index (κ2) is 6.67. The van der Waals surface area contributed by atoms with Crippen molar-refractivity contribution in [3.63, 3.8) is 0 Å². The SMILES string of the molecule is c1cnc(CN2CCC(CN3CCc4ccccc43)CC2)nc1. The highest BCUT2D eigenvalue weighted by Crippen LogP contribution is 2.30. The van der Waals surface area contributed by atoms with Gasteiger partial charge in [0.05, 0.1) is 6.54 Å². The van der Waals surface area contributed by atoms with Gasteiger partial charge in [-0.1, -0.05) is 18.2 Å². The fourth-order valence-electron chi connectivity index (χ4n) is 3.85. The van der Waals surface area contributed by atoms with Crippen LogP contribution in [0.25, 0.3) is 0 Å². The van der Waals surface area contributed by atoms with E-state index in [1.807, 2.05) is 18.5 Å². The van der Waals surface area contributed by atoms with Gasteiger partial charge in [-0.15, -0.1) is 0 Å². The monoisotopic (exact) mass is 308 g/mol. The zero-order valence-electron chi connectivity index (χ0n) is 13.6. The first-order valence-corrected chi connectivity index (χ1v) is 8.69. The number of nitrogens with zero attached hydrogens (tertiary/aromatic N) is 4. The number of hydrogen-bond donors (Lipinski definition) is 0. The highest BCUT2D eigenvalue weighted by Gasteiger charge is 2.25. The average molecular weight is 308 g/mol. The largest absolute Gasteiger partial charge is 0.371 e. The molecule has 0 atom stereocenters. The highest BCUT2D eigenvalue weighted by atomic mass is 15.2. The second-order valence-electron chi connectivity index (χ2n) is 6.71. The quantitative estimate of drug-likeness (QED) is 0.869. The lowest BCUT2D eigenvalue weighted by atomic mass is 9.96. The average Bonchev–Trinajstić information content (AvgIpc) is 3.01. The van der Waals surface area contributed by atoms with Gasteiger partial charge in [-0.3, -0.25) is 4.90 Å². The van der Waals surface area contributed by atoms with Crippen molar-refractivity contribution in [2.75, 3.05) is 31.1 Å². The number of fused-ring (bicyclic) bond motifs is 1. The molecule has 1 aromatic carbocycles. The molecule has 0 unspecified atom stereocenters. The molecular weight excluding hydrogens is 284 g/mol. The molecule has 0 spiro atoms. The second-order valence-corrected chi connectivity index (χ2v) is 6.71. The molecule has 2 aliphatic rings. The van der Waals surface area contributed by atoms with E-state index in [2.05, 4.69) is 44.0 Å². The van der Waals surface area contributed by atoms with Gasteiger partial charge in [0, 0.05) is 31.2 Å². The summed E-state index contributed by atoms with van der Waals surface area (Å²) in [5.74, 6) is 1.76. The number of likely N-dealkylation sites (tertiary alicyclic amines) is 1. The van der Waals surface area contributed by atoms with Crippen LogP contribution in [0.2, 0.25) is 0 Å². The van der Waals surface area contributed by atoms with E-state index in [0.29, 0.717) is 0 Å². The van der Waals surface area contributed by atoms with Crippen molar-refractivity contribution in [2.45, 2.75) is 25.8 Å². The summed E-state index contributed by atoms with van der Waals surface area (Å²) < 4.78 is 0. The lowest BCUT2D eigenvalue weighted by Gasteiger charge is -2.34. The predicted octanol–water partition coefficient (Wildman–Crippen LogP) is 2.75. The Morgan fingerprint density at radius 1 is 0.957 bits per heavy atom. The van der Waals surface area contributed by atoms with Crippen LogP contribution in [0.5, 0.6) is 0 Å². The minimum Gasteiger partial charge on any atom is -0.371 e. The fraction of sp³-hybridized carbons (Fsp3) is 0.474. The number of anilines is 1. The molecule has 1 aromatic heterocycles. The molecule has 3 heterocycles. The molecule has 0 radical (unpaired) electrons. The first-order valence-electron chi connectivity index (χ1n) is 8.69. The Bertz CT molecular complexity index is 635. The number of aromatic nitrogens is 2. The van der Waals surface area contributed by atoms with E-state index >= 15 is 0 Å². The maximum Gasteiger partial charge on any atom is 0.142 e. The molecule has 0 aliphatic carbocycles. The Labute approximate surface area is 138 Å². The van der Waals surface area contributed by atoms with Crippen molar-refractivity contribution in [1.29, 1.82) is 0 Å². The number of piperidine rings is 1. The summed E-state index contributed by atoms with van der Waals surface area (Å²) in [6.45, 7) is 5.63. The molecule has 4 nitrogen and oxygen atoms in total. The van der Waals surface area contributed by atoms with Crippen LogP contribution >= 0.6 is 0 Å². The zero-order valence-corrected chi connectivity index (χ0v) is 13.6. The van der Waals surface area contributed by atoms with Gasteiger partial charge in [0.1, 0.15) is 5.82 Å². The third-order valence-corrected chi connectivity index (χ3v) is 5.15. The summed E-state index contributed by atoms with van der Waals surface area (Å²) in [5.41, 5.74) is 2.98. The van der Waals surface area contributed by atoms with Crippen LogP contribution in [0.3, 0.4) is 0 Å². The van der Waals surface area contributed by atoms with Crippen molar-refractivity contribution in [1.82, 2.24) is 14.9 Å². The normalized spacial score (nSPS) is 19.0. The molecule has 0 amide bonds. The number of rotatable bonds is 4. The van der Waals surface area contributed by atoms with E-state index in [1.165, 1.54) is 56.7 Å². The third kappa shape index (κ3) is 3.37. The van der Waals surface area contributed by atoms with E-state index in [1.54, 1.807) is 0 Å². The summed E-state index contributed by atoms with van der Waals surface area (Å²) in [7, 11) is 0. The lowest BCUT2D eigenvalue weighted by molar-refractivity contribution is 0.175. The lowest BCUT2D eigenvalue weighted by Crippen LogP contribution is -2.38. The molecule has 120 valence electrons. The summed E-state index contributed by atoms with van der Waals surface area (Å²) >= 11 is 0. The molecule has 2 aliphatic heterocycles. The molecule has 0 saturated carbocycles. The molecular formula is C19H24N4. The number of benzene rings is 1. The molecule has 4 heteroatoms. The maximum absolute atomic E-state index is 4.34. The van der Waals surface area contributed by atoms with Gasteiger partial charge in [-0.25, -0.2) is 9.97 Å². The van der Waals surface area contributed by atoms with Crippen LogP contribution in [-0.2, 0) is 13.0 Å². The van der Waals surface area contributed by atoms with Crippen molar-refractivity contribution in [3.8, 4) is 0 Å². The fourth-order valence-corrected chi connectivity index (χ4v) is 3.85. The van der Waals surface area contributed by atoms with Gasteiger partial charge < -0.3 is 4.90 Å². The van der Waals surface area contributed by atoms with Gasteiger partial charge in [0.2, 0.25) is 0 Å². The van der Waals surface area contributed by atoms with E-state index in [0.717, 1.165) is 18.3 Å². The molecule has 23 heavy (non-hydrogen) atoms. The standard InChI is InChI=1S/C19H24N4/c1-2-5-18-17(4-1)8-13-23(18)14-16-6-11-22(12-7-16)15-19-20-9-3-10-21-19/h1-5,9-10,16H,6-8,11-15H2. The van der Waals surface area contributed by atoms with Crippen molar-refractivity contribution < 1.29 is 0 Å². The number of hydrogen-bond acceptors (Lipinski definition) is 4. The van der Waals surface area contributed by atoms with Gasteiger partial charge in [-0.05, 0) is 56.0 Å². The summed E-state index contributed by atoms with van der Waals surface area (Å²) in [6, 6.07) is 10.8. The molecule has 4 rings (SSSR count). The Morgan fingerprint density at radius 2 is 1.74 bits per heavy atom. The third-order valence-electron chi connectivity index (χ3n) is 5.15. The minimum absolute atomic E-state index is 0.814. The van der Waals surface area contributed by atoms with Crippen LogP contribution in [0.4, 0.5) is 5.69 Å². The van der Waals surface area contributed by atoms with Gasteiger partial charge in [0.25, 0.3) is 0 Å². The van der Waals surface area contributed by atoms with Crippen molar-refractivity contribution in [3.05, 3.63) is 54.1 Å². The zero-order chi connectivity index (χ0) is 15.5. The Morgan fingerprint density at radius 3 is 2.57 bits per heavy atom. The van der Waals surface area contributed by atoms with Crippen molar-refractivity contribution in [2.24, 2.45) is 5.92 Å². The highest BCUT2D eigenvalue weighted by molar-refractivity contribution is 5.57.